The first kappa shape index (κ1) is 9.40. The van der Waals surface area contributed by atoms with Crippen LogP contribution < -0.4 is 5.43 Å². The highest BCUT2D eigenvalue weighted by Crippen LogP contribution is 2.12. The predicted molar refractivity (Wildman–Crippen MR) is 53.2 cm³/mol. The summed E-state index contributed by atoms with van der Waals surface area (Å²) in [4.78, 5) is 3.79. The van der Waals surface area contributed by atoms with Gasteiger partial charge in [-0.3, -0.25) is 4.98 Å². The minimum absolute atomic E-state index is 0.299. The highest BCUT2D eigenvalue weighted by molar-refractivity contribution is 5.39. The Kier molecular flexibility index (Phi) is 2.93. The second-order valence-corrected chi connectivity index (χ2v) is 3.55. The summed E-state index contributed by atoms with van der Waals surface area (Å²) in [6.07, 6.45) is 6.55. The number of nitrogens with one attached hydrogen (secondary N) is 1. The van der Waals surface area contributed by atoms with Gasteiger partial charge in [0.15, 0.2) is 0 Å². The molecular weight excluding hydrogens is 181 g/mol. The van der Waals surface area contributed by atoms with Crippen LogP contribution in [0.4, 0.5) is 10.1 Å². The lowest BCUT2D eigenvalue weighted by atomic mass is 10.2. The van der Waals surface area contributed by atoms with Crippen molar-refractivity contribution < 1.29 is 4.39 Å². The molecule has 76 valence electrons. The largest absolute Gasteiger partial charge is 0.317 e. The van der Waals surface area contributed by atoms with Crippen molar-refractivity contribution in [3.63, 3.8) is 0 Å². The summed E-state index contributed by atoms with van der Waals surface area (Å²) in [6.45, 7) is 2.05. The number of rotatable bonds is 2. The van der Waals surface area contributed by atoms with E-state index in [1.54, 1.807) is 6.20 Å². The number of anilines is 1. The van der Waals surface area contributed by atoms with Crippen molar-refractivity contribution in [2.24, 2.45) is 0 Å². The second kappa shape index (κ2) is 4.37. The van der Waals surface area contributed by atoms with Crippen LogP contribution in [0.15, 0.2) is 18.5 Å². The van der Waals surface area contributed by atoms with Crippen molar-refractivity contribution in [1.29, 1.82) is 0 Å². The highest BCUT2D eigenvalue weighted by Gasteiger charge is 2.09. The van der Waals surface area contributed by atoms with Gasteiger partial charge in [0.2, 0.25) is 0 Å². The number of halogens is 1. The Bertz CT molecular complexity index is 297. The predicted octanol–water partition coefficient (Wildman–Crippen LogP) is 2.03. The maximum Gasteiger partial charge on any atom is 0.143 e. The molecular formula is C10H14FN3. The molecule has 0 radical (unpaired) electrons. The van der Waals surface area contributed by atoms with E-state index in [1.807, 2.05) is 0 Å². The Morgan fingerprint density at radius 1 is 1.21 bits per heavy atom. The van der Waals surface area contributed by atoms with E-state index in [4.69, 9.17) is 0 Å². The lowest BCUT2D eigenvalue weighted by molar-refractivity contribution is 0.273. The van der Waals surface area contributed by atoms with Gasteiger partial charge in [0.05, 0.1) is 18.1 Å². The van der Waals surface area contributed by atoms with Gasteiger partial charge in [-0.2, -0.15) is 0 Å². The molecule has 1 fully saturated rings. The summed E-state index contributed by atoms with van der Waals surface area (Å²) < 4.78 is 12.8. The third-order valence-corrected chi connectivity index (χ3v) is 2.35. The molecule has 0 aliphatic carbocycles. The molecule has 0 amide bonds. The van der Waals surface area contributed by atoms with E-state index in [-0.39, 0.29) is 5.82 Å². The summed E-state index contributed by atoms with van der Waals surface area (Å²) >= 11 is 0. The smallest absolute Gasteiger partial charge is 0.143 e. The van der Waals surface area contributed by atoms with Crippen LogP contribution in [0.5, 0.6) is 0 Å². The van der Waals surface area contributed by atoms with Gasteiger partial charge in [0.1, 0.15) is 5.82 Å². The monoisotopic (exact) mass is 195 g/mol. The van der Waals surface area contributed by atoms with Crippen molar-refractivity contribution in [3.05, 3.63) is 24.3 Å². The number of nitrogens with zero attached hydrogens (tertiary/aromatic N) is 2. The van der Waals surface area contributed by atoms with Gasteiger partial charge in [-0.1, -0.05) is 6.42 Å². The minimum atomic E-state index is -0.299. The Hall–Kier alpha value is -1.16. The second-order valence-electron chi connectivity index (χ2n) is 3.55. The van der Waals surface area contributed by atoms with E-state index in [2.05, 4.69) is 15.4 Å². The van der Waals surface area contributed by atoms with E-state index in [9.17, 15) is 4.39 Å². The lowest BCUT2D eigenvalue weighted by Gasteiger charge is -2.27. The Balaban J connectivity index is 1.95. The number of hydrogen-bond acceptors (Lipinski definition) is 3. The maximum absolute atomic E-state index is 12.8. The summed E-state index contributed by atoms with van der Waals surface area (Å²) in [5.74, 6) is -0.299. The highest BCUT2D eigenvalue weighted by atomic mass is 19.1. The van der Waals surface area contributed by atoms with Crippen LogP contribution in [0, 0.1) is 5.82 Å². The molecule has 1 N–H and O–H groups in total. The third-order valence-electron chi connectivity index (χ3n) is 2.35. The maximum atomic E-state index is 12.8. The fourth-order valence-electron chi connectivity index (χ4n) is 1.66. The summed E-state index contributed by atoms with van der Waals surface area (Å²) in [6, 6.07) is 1.46. The van der Waals surface area contributed by atoms with E-state index in [0.717, 1.165) is 18.8 Å². The zero-order valence-corrected chi connectivity index (χ0v) is 8.04. The molecule has 0 spiro atoms. The van der Waals surface area contributed by atoms with Gasteiger partial charge in [0, 0.05) is 19.2 Å². The van der Waals surface area contributed by atoms with Crippen LogP contribution in [0.2, 0.25) is 0 Å². The molecule has 1 aliphatic rings. The molecule has 1 aromatic rings. The molecule has 2 rings (SSSR count). The molecule has 2 heterocycles. The fraction of sp³-hybridized carbons (Fsp3) is 0.500. The summed E-state index contributed by atoms with van der Waals surface area (Å²) in [5, 5.41) is 2.11. The molecule has 0 bridgehead atoms. The van der Waals surface area contributed by atoms with Gasteiger partial charge in [0.25, 0.3) is 0 Å². The molecule has 0 saturated carbocycles. The Morgan fingerprint density at radius 3 is 2.71 bits per heavy atom. The normalized spacial score (nSPS) is 18.1. The molecule has 1 aliphatic heterocycles. The molecule has 14 heavy (non-hydrogen) atoms. The minimum Gasteiger partial charge on any atom is -0.317 e. The van der Waals surface area contributed by atoms with Crippen molar-refractivity contribution in [2.45, 2.75) is 19.3 Å². The van der Waals surface area contributed by atoms with E-state index >= 15 is 0 Å². The van der Waals surface area contributed by atoms with Crippen molar-refractivity contribution in [1.82, 2.24) is 9.99 Å². The molecule has 4 heteroatoms. The Morgan fingerprint density at radius 2 is 2.00 bits per heavy atom. The molecule has 0 atom stereocenters. The van der Waals surface area contributed by atoms with Crippen molar-refractivity contribution in [2.75, 3.05) is 18.5 Å². The zero-order valence-electron chi connectivity index (χ0n) is 8.04. The van der Waals surface area contributed by atoms with Crippen LogP contribution in [0.3, 0.4) is 0 Å². The number of aromatic nitrogens is 1. The fourth-order valence-corrected chi connectivity index (χ4v) is 1.66. The first-order chi connectivity index (χ1) is 6.84. The van der Waals surface area contributed by atoms with Crippen molar-refractivity contribution in [3.8, 4) is 0 Å². The quantitative estimate of drug-likeness (QED) is 0.782. The van der Waals surface area contributed by atoms with Crippen molar-refractivity contribution >= 4 is 5.69 Å². The lowest BCUT2D eigenvalue weighted by Crippen LogP contribution is -2.34. The number of hydrogen-bond donors (Lipinski definition) is 1. The van der Waals surface area contributed by atoms with E-state index in [1.165, 1.54) is 31.5 Å². The number of hydrazine groups is 1. The van der Waals surface area contributed by atoms with Gasteiger partial charge >= 0.3 is 0 Å². The average molecular weight is 195 g/mol. The molecule has 3 nitrogen and oxygen atoms in total. The Labute approximate surface area is 82.9 Å². The van der Waals surface area contributed by atoms with Crippen LogP contribution >= 0.6 is 0 Å². The topological polar surface area (TPSA) is 28.2 Å². The average Bonchev–Trinajstić information content (AvgIpc) is 2.19. The molecule has 1 aromatic heterocycles. The molecule has 1 saturated heterocycles. The first-order valence-electron chi connectivity index (χ1n) is 4.97. The molecule has 0 unspecified atom stereocenters. The molecule has 0 aromatic carbocycles. The number of piperidine rings is 1. The standard InChI is InChI=1S/C10H14FN3/c11-9-6-10(8-12-7-9)13-14-4-2-1-3-5-14/h6-8,13H,1-5H2. The zero-order chi connectivity index (χ0) is 9.80. The SMILES string of the molecule is Fc1cncc(NN2CCCCC2)c1. The first-order valence-corrected chi connectivity index (χ1v) is 4.97. The van der Waals surface area contributed by atoms with E-state index in [0.29, 0.717) is 0 Å². The van der Waals surface area contributed by atoms with Gasteiger partial charge in [-0.15, -0.1) is 0 Å². The third kappa shape index (κ3) is 2.42. The van der Waals surface area contributed by atoms with Gasteiger partial charge in [-0.25, -0.2) is 9.40 Å². The summed E-state index contributed by atoms with van der Waals surface area (Å²) in [5.41, 5.74) is 3.88. The van der Waals surface area contributed by atoms with Crippen LogP contribution in [0.25, 0.3) is 0 Å². The van der Waals surface area contributed by atoms with Gasteiger partial charge < -0.3 is 5.43 Å². The van der Waals surface area contributed by atoms with Gasteiger partial charge in [-0.05, 0) is 12.8 Å². The van der Waals surface area contributed by atoms with Crippen LogP contribution in [-0.2, 0) is 0 Å². The van der Waals surface area contributed by atoms with Crippen LogP contribution in [-0.4, -0.2) is 23.1 Å². The summed E-state index contributed by atoms with van der Waals surface area (Å²) in [7, 11) is 0. The van der Waals surface area contributed by atoms with Crippen LogP contribution in [0.1, 0.15) is 19.3 Å². The van der Waals surface area contributed by atoms with E-state index < -0.39 is 0 Å². The number of pyridine rings is 1.